The Hall–Kier alpha value is -3.15. The Bertz CT molecular complexity index is 812. The van der Waals surface area contributed by atoms with E-state index in [0.29, 0.717) is 17.0 Å². The number of benzene rings is 2. The summed E-state index contributed by atoms with van der Waals surface area (Å²) in [5.74, 6) is -0.269. The van der Waals surface area contributed by atoms with Crippen molar-refractivity contribution >= 4 is 23.3 Å². The van der Waals surface area contributed by atoms with Crippen molar-refractivity contribution in [3.8, 4) is 5.75 Å². The molecule has 1 amide bonds. The minimum atomic E-state index is -0.629. The van der Waals surface area contributed by atoms with Gasteiger partial charge in [-0.05, 0) is 48.7 Å². The van der Waals surface area contributed by atoms with E-state index < -0.39 is 18.5 Å². The summed E-state index contributed by atoms with van der Waals surface area (Å²) in [7, 11) is 0. The number of Topliss-reactive ketones (excluding diaryl/α,β-unsaturated/α-hetero) is 1. The zero-order chi connectivity index (χ0) is 19.8. The van der Waals surface area contributed by atoms with Crippen LogP contribution in [0.5, 0.6) is 5.75 Å². The Kier molecular flexibility index (Phi) is 7.11. The van der Waals surface area contributed by atoms with Crippen molar-refractivity contribution in [1.29, 1.82) is 0 Å². The highest BCUT2D eigenvalue weighted by molar-refractivity contribution is 5.96. The van der Waals surface area contributed by atoms with Crippen molar-refractivity contribution in [2.75, 3.05) is 18.5 Å². The molecule has 0 radical (unpaired) electrons. The van der Waals surface area contributed by atoms with Gasteiger partial charge in [-0.3, -0.25) is 9.59 Å². The molecule has 2 rings (SSSR count). The van der Waals surface area contributed by atoms with E-state index in [1.165, 1.54) is 6.92 Å². The second-order valence-corrected chi connectivity index (χ2v) is 6.32. The summed E-state index contributed by atoms with van der Waals surface area (Å²) < 4.78 is 10.4. The van der Waals surface area contributed by atoms with Gasteiger partial charge in [-0.25, -0.2) is 4.79 Å². The summed E-state index contributed by atoms with van der Waals surface area (Å²) in [6, 6.07) is 13.9. The van der Waals surface area contributed by atoms with Gasteiger partial charge in [0.15, 0.2) is 19.0 Å². The first kappa shape index (κ1) is 20.2. The maximum absolute atomic E-state index is 11.9. The first-order valence-corrected chi connectivity index (χ1v) is 8.65. The van der Waals surface area contributed by atoms with Crippen LogP contribution in [0.4, 0.5) is 5.69 Å². The second-order valence-electron chi connectivity index (χ2n) is 6.32. The minimum Gasteiger partial charge on any atom is -0.482 e. The highest BCUT2D eigenvalue weighted by Gasteiger charge is 2.12. The first-order valence-electron chi connectivity index (χ1n) is 8.65. The number of nitrogens with one attached hydrogen (secondary N) is 1. The van der Waals surface area contributed by atoms with Crippen LogP contribution in [0.3, 0.4) is 0 Å². The van der Waals surface area contributed by atoms with Crippen LogP contribution in [0, 0.1) is 0 Å². The van der Waals surface area contributed by atoms with Gasteiger partial charge in [0, 0.05) is 11.3 Å². The molecule has 0 aliphatic carbocycles. The number of carbonyl (C=O) groups excluding carboxylic acids is 3. The molecule has 0 atom stereocenters. The molecule has 27 heavy (non-hydrogen) atoms. The molecular weight excluding hydrogens is 346 g/mol. The van der Waals surface area contributed by atoms with Gasteiger partial charge in [-0.15, -0.1) is 0 Å². The quantitative estimate of drug-likeness (QED) is 0.568. The van der Waals surface area contributed by atoms with Gasteiger partial charge >= 0.3 is 5.97 Å². The van der Waals surface area contributed by atoms with E-state index in [1.807, 2.05) is 32.0 Å². The summed E-state index contributed by atoms with van der Waals surface area (Å²) in [6.45, 7) is 4.85. The SMILES string of the molecule is CC(=O)c1ccc(NC(=O)COC(=O)COc2ccccc2C(C)C)cc1. The predicted molar refractivity (Wildman–Crippen MR) is 102 cm³/mol. The molecule has 0 unspecified atom stereocenters. The number of hydrogen-bond donors (Lipinski definition) is 1. The van der Waals surface area contributed by atoms with Crippen LogP contribution < -0.4 is 10.1 Å². The lowest BCUT2D eigenvalue weighted by molar-refractivity contribution is -0.149. The summed E-state index contributed by atoms with van der Waals surface area (Å²) >= 11 is 0. The Labute approximate surface area is 158 Å². The summed E-state index contributed by atoms with van der Waals surface area (Å²) in [5.41, 5.74) is 2.07. The van der Waals surface area contributed by atoms with Crippen molar-refractivity contribution in [2.45, 2.75) is 26.7 Å². The fraction of sp³-hybridized carbons (Fsp3) is 0.286. The van der Waals surface area contributed by atoms with Crippen molar-refractivity contribution < 1.29 is 23.9 Å². The monoisotopic (exact) mass is 369 g/mol. The molecule has 0 saturated heterocycles. The third-order valence-corrected chi connectivity index (χ3v) is 3.83. The fourth-order valence-corrected chi connectivity index (χ4v) is 2.40. The Morgan fingerprint density at radius 1 is 0.963 bits per heavy atom. The molecular formula is C21H23NO5. The molecule has 0 aliphatic heterocycles. The van der Waals surface area contributed by atoms with E-state index in [-0.39, 0.29) is 18.3 Å². The Balaban J connectivity index is 1.78. The molecule has 0 saturated carbocycles. The van der Waals surface area contributed by atoms with Crippen LogP contribution in [0.2, 0.25) is 0 Å². The van der Waals surface area contributed by atoms with E-state index in [9.17, 15) is 14.4 Å². The maximum Gasteiger partial charge on any atom is 0.344 e. The number of ether oxygens (including phenoxy) is 2. The van der Waals surface area contributed by atoms with Gasteiger partial charge in [-0.2, -0.15) is 0 Å². The van der Waals surface area contributed by atoms with Gasteiger partial charge in [-0.1, -0.05) is 32.0 Å². The van der Waals surface area contributed by atoms with Gasteiger partial charge in [0.2, 0.25) is 0 Å². The summed E-state index contributed by atoms with van der Waals surface area (Å²) in [4.78, 5) is 34.9. The third kappa shape index (κ3) is 6.26. The summed E-state index contributed by atoms with van der Waals surface area (Å²) in [6.07, 6.45) is 0. The molecule has 0 bridgehead atoms. The normalized spacial score (nSPS) is 10.4. The van der Waals surface area contributed by atoms with Crippen molar-refractivity contribution in [3.63, 3.8) is 0 Å². The van der Waals surface area contributed by atoms with Crippen LogP contribution in [0.15, 0.2) is 48.5 Å². The molecule has 0 heterocycles. The van der Waals surface area contributed by atoms with Crippen LogP contribution in [0.1, 0.15) is 42.6 Å². The van der Waals surface area contributed by atoms with Crippen LogP contribution in [0.25, 0.3) is 0 Å². The molecule has 0 aromatic heterocycles. The zero-order valence-corrected chi connectivity index (χ0v) is 15.7. The average Bonchev–Trinajstić information content (AvgIpc) is 2.65. The molecule has 2 aromatic carbocycles. The lowest BCUT2D eigenvalue weighted by Crippen LogP contribution is -2.23. The Morgan fingerprint density at radius 2 is 1.63 bits per heavy atom. The molecule has 2 aromatic rings. The van der Waals surface area contributed by atoms with Gasteiger partial charge < -0.3 is 14.8 Å². The topological polar surface area (TPSA) is 81.7 Å². The first-order chi connectivity index (χ1) is 12.9. The van der Waals surface area contributed by atoms with E-state index in [0.717, 1.165) is 5.56 Å². The number of amides is 1. The number of anilines is 1. The molecule has 0 spiro atoms. The number of para-hydroxylation sites is 1. The smallest absolute Gasteiger partial charge is 0.344 e. The number of ketones is 1. The fourth-order valence-electron chi connectivity index (χ4n) is 2.40. The number of carbonyl (C=O) groups is 3. The van der Waals surface area contributed by atoms with Crippen molar-refractivity contribution in [2.24, 2.45) is 0 Å². The van der Waals surface area contributed by atoms with Gasteiger partial charge in [0.1, 0.15) is 5.75 Å². The zero-order valence-electron chi connectivity index (χ0n) is 15.7. The highest BCUT2D eigenvalue weighted by Crippen LogP contribution is 2.25. The van der Waals surface area contributed by atoms with Crippen LogP contribution in [-0.2, 0) is 14.3 Å². The van der Waals surface area contributed by atoms with Gasteiger partial charge in [0.25, 0.3) is 5.91 Å². The molecule has 0 fully saturated rings. The molecule has 1 N–H and O–H groups in total. The van der Waals surface area contributed by atoms with E-state index in [2.05, 4.69) is 5.32 Å². The van der Waals surface area contributed by atoms with Crippen molar-refractivity contribution in [3.05, 3.63) is 59.7 Å². The minimum absolute atomic E-state index is 0.0548. The van der Waals surface area contributed by atoms with Crippen LogP contribution in [-0.4, -0.2) is 30.9 Å². The lowest BCUT2D eigenvalue weighted by Gasteiger charge is -2.13. The highest BCUT2D eigenvalue weighted by atomic mass is 16.6. The van der Waals surface area contributed by atoms with E-state index >= 15 is 0 Å². The number of rotatable bonds is 8. The lowest BCUT2D eigenvalue weighted by atomic mass is 10.0. The number of hydrogen-bond acceptors (Lipinski definition) is 5. The standard InChI is InChI=1S/C21H23NO5/c1-14(2)18-6-4-5-7-19(18)26-13-21(25)27-12-20(24)22-17-10-8-16(9-11-17)15(3)23/h4-11,14H,12-13H2,1-3H3,(H,22,24). The van der Waals surface area contributed by atoms with Gasteiger partial charge in [0.05, 0.1) is 0 Å². The average molecular weight is 369 g/mol. The van der Waals surface area contributed by atoms with Crippen LogP contribution >= 0.6 is 0 Å². The summed E-state index contributed by atoms with van der Waals surface area (Å²) in [5, 5.41) is 2.59. The maximum atomic E-state index is 11.9. The molecule has 6 nitrogen and oxygen atoms in total. The molecule has 142 valence electrons. The largest absolute Gasteiger partial charge is 0.482 e. The third-order valence-electron chi connectivity index (χ3n) is 3.83. The molecule has 6 heteroatoms. The van der Waals surface area contributed by atoms with E-state index in [4.69, 9.17) is 9.47 Å². The van der Waals surface area contributed by atoms with E-state index in [1.54, 1.807) is 30.3 Å². The predicted octanol–water partition coefficient (Wildman–Crippen LogP) is 3.57. The van der Waals surface area contributed by atoms with Crippen molar-refractivity contribution in [1.82, 2.24) is 0 Å². The molecule has 0 aliphatic rings. The second kappa shape index (κ2) is 9.52. The Morgan fingerprint density at radius 3 is 2.26 bits per heavy atom. The number of esters is 1.